The lowest BCUT2D eigenvalue weighted by atomic mass is 10.3. The van der Waals surface area contributed by atoms with Gasteiger partial charge in [0.15, 0.2) is 5.82 Å². The minimum Gasteiger partial charge on any atom is -0.396 e. The van der Waals surface area contributed by atoms with E-state index in [0.29, 0.717) is 23.4 Å². The van der Waals surface area contributed by atoms with Crippen LogP contribution in [0.2, 0.25) is 5.02 Å². The first-order valence-corrected chi connectivity index (χ1v) is 5.60. The second kappa shape index (κ2) is 5.92. The van der Waals surface area contributed by atoms with Crippen molar-refractivity contribution in [3.05, 3.63) is 17.3 Å². The number of hydrogen-bond donors (Lipinski definition) is 1. The molecule has 0 bridgehead atoms. The van der Waals surface area contributed by atoms with Gasteiger partial charge in [0.25, 0.3) is 0 Å². The number of pyridine rings is 1. The summed E-state index contributed by atoms with van der Waals surface area (Å²) in [6, 6.07) is 2.03. The van der Waals surface area contributed by atoms with Crippen molar-refractivity contribution in [1.82, 2.24) is 4.98 Å². The van der Waals surface area contributed by atoms with Crippen molar-refractivity contribution < 1.29 is 4.74 Å². The number of halogens is 1. The summed E-state index contributed by atoms with van der Waals surface area (Å²) >= 11 is 5.82. The molecule has 0 aromatic carbocycles. The van der Waals surface area contributed by atoms with Gasteiger partial charge in [-0.15, -0.1) is 0 Å². The van der Waals surface area contributed by atoms with E-state index in [9.17, 15) is 0 Å². The molecule has 0 saturated heterocycles. The normalized spacial score (nSPS) is 10.8. The Morgan fingerprint density at radius 2 is 2.25 bits per heavy atom. The average Bonchev–Trinajstić information content (AvgIpc) is 2.20. The molecule has 0 atom stereocenters. The fourth-order valence-electron chi connectivity index (χ4n) is 1.49. The number of nitrogens with zero attached hydrogens (tertiary/aromatic N) is 2. The third-order valence-corrected chi connectivity index (χ3v) is 2.50. The zero-order valence-corrected chi connectivity index (χ0v) is 10.7. The van der Waals surface area contributed by atoms with E-state index in [4.69, 9.17) is 22.1 Å². The molecule has 0 spiro atoms. The lowest BCUT2D eigenvalue weighted by Gasteiger charge is -2.28. The number of anilines is 2. The summed E-state index contributed by atoms with van der Waals surface area (Å²) in [5.41, 5.74) is 6.50. The van der Waals surface area contributed by atoms with Crippen LogP contribution < -0.4 is 10.6 Å². The summed E-state index contributed by atoms with van der Waals surface area (Å²) in [5, 5.41) is 0.552. The lowest BCUT2D eigenvalue weighted by molar-refractivity contribution is 0.203. The molecule has 1 rings (SSSR count). The highest BCUT2D eigenvalue weighted by Gasteiger charge is 2.14. The predicted molar refractivity (Wildman–Crippen MR) is 68.0 cm³/mol. The van der Waals surface area contributed by atoms with Crippen LogP contribution in [0.3, 0.4) is 0 Å². The Morgan fingerprint density at radius 1 is 1.56 bits per heavy atom. The van der Waals surface area contributed by atoms with Crippen LogP contribution in [-0.4, -0.2) is 31.3 Å². The molecule has 0 unspecified atom stereocenters. The van der Waals surface area contributed by atoms with E-state index in [1.165, 1.54) is 0 Å². The first-order valence-electron chi connectivity index (χ1n) is 5.23. The van der Waals surface area contributed by atoms with Crippen molar-refractivity contribution in [3.8, 4) is 0 Å². The maximum Gasteiger partial charge on any atom is 0.152 e. The molecule has 1 aromatic rings. The highest BCUT2D eigenvalue weighted by Crippen LogP contribution is 2.24. The van der Waals surface area contributed by atoms with Gasteiger partial charge >= 0.3 is 0 Å². The number of rotatable bonds is 5. The van der Waals surface area contributed by atoms with Crippen LogP contribution in [0, 0.1) is 0 Å². The molecule has 1 heterocycles. The van der Waals surface area contributed by atoms with E-state index in [0.717, 1.165) is 12.4 Å². The monoisotopic (exact) mass is 243 g/mol. The lowest BCUT2D eigenvalue weighted by Crippen LogP contribution is -2.35. The van der Waals surface area contributed by atoms with Crippen LogP contribution in [-0.2, 0) is 4.74 Å². The molecule has 16 heavy (non-hydrogen) atoms. The van der Waals surface area contributed by atoms with Gasteiger partial charge in [0.05, 0.1) is 17.3 Å². The van der Waals surface area contributed by atoms with E-state index in [2.05, 4.69) is 23.7 Å². The molecule has 0 aliphatic heterocycles. The SMILES string of the molecule is COCCN(c1ncc(Cl)cc1N)C(C)C. The van der Waals surface area contributed by atoms with Crippen LogP contribution in [0.1, 0.15) is 13.8 Å². The number of aromatic nitrogens is 1. The van der Waals surface area contributed by atoms with E-state index < -0.39 is 0 Å². The van der Waals surface area contributed by atoms with Crippen LogP contribution in [0.25, 0.3) is 0 Å². The summed E-state index contributed by atoms with van der Waals surface area (Å²) in [4.78, 5) is 6.36. The molecule has 2 N–H and O–H groups in total. The Morgan fingerprint density at radius 3 is 2.75 bits per heavy atom. The van der Waals surface area contributed by atoms with Crippen molar-refractivity contribution >= 4 is 23.1 Å². The molecule has 0 fully saturated rings. The zero-order chi connectivity index (χ0) is 12.1. The minimum atomic E-state index is 0.311. The van der Waals surface area contributed by atoms with Gasteiger partial charge in [0.2, 0.25) is 0 Å². The van der Waals surface area contributed by atoms with Gasteiger partial charge in [-0.2, -0.15) is 0 Å². The zero-order valence-electron chi connectivity index (χ0n) is 9.90. The summed E-state index contributed by atoms with van der Waals surface area (Å²) in [6.45, 7) is 5.58. The third-order valence-electron chi connectivity index (χ3n) is 2.29. The van der Waals surface area contributed by atoms with Gasteiger partial charge in [-0.05, 0) is 19.9 Å². The van der Waals surface area contributed by atoms with Crippen molar-refractivity contribution in [2.45, 2.75) is 19.9 Å². The Hall–Kier alpha value is -1.00. The maximum atomic E-state index is 5.90. The summed E-state index contributed by atoms with van der Waals surface area (Å²) in [5.74, 6) is 0.761. The Kier molecular flexibility index (Phi) is 4.83. The third kappa shape index (κ3) is 3.25. The number of nitrogens with two attached hydrogens (primary N) is 1. The Labute approximate surface area is 101 Å². The second-order valence-corrected chi connectivity index (χ2v) is 4.28. The van der Waals surface area contributed by atoms with Crippen molar-refractivity contribution in [2.24, 2.45) is 0 Å². The van der Waals surface area contributed by atoms with E-state index >= 15 is 0 Å². The highest BCUT2D eigenvalue weighted by molar-refractivity contribution is 6.30. The average molecular weight is 244 g/mol. The molecule has 0 amide bonds. The smallest absolute Gasteiger partial charge is 0.152 e. The van der Waals surface area contributed by atoms with Crippen LogP contribution in [0.15, 0.2) is 12.3 Å². The number of nitrogen functional groups attached to an aromatic ring is 1. The van der Waals surface area contributed by atoms with Gasteiger partial charge in [0, 0.05) is 25.9 Å². The number of ether oxygens (including phenoxy) is 1. The van der Waals surface area contributed by atoms with Crippen LogP contribution in [0.5, 0.6) is 0 Å². The van der Waals surface area contributed by atoms with Crippen LogP contribution >= 0.6 is 11.6 Å². The predicted octanol–water partition coefficient (Wildman–Crippen LogP) is 2.18. The minimum absolute atomic E-state index is 0.311. The molecule has 90 valence electrons. The Bertz CT molecular complexity index is 344. The summed E-state index contributed by atoms with van der Waals surface area (Å²) in [7, 11) is 1.68. The van der Waals surface area contributed by atoms with Gasteiger partial charge in [-0.3, -0.25) is 0 Å². The van der Waals surface area contributed by atoms with Gasteiger partial charge in [-0.25, -0.2) is 4.98 Å². The quantitative estimate of drug-likeness (QED) is 0.861. The largest absolute Gasteiger partial charge is 0.396 e. The molecular formula is C11H18ClN3O. The topological polar surface area (TPSA) is 51.4 Å². The molecule has 0 radical (unpaired) electrons. The molecule has 1 aromatic heterocycles. The van der Waals surface area contributed by atoms with Crippen molar-refractivity contribution in [2.75, 3.05) is 30.9 Å². The molecule has 0 aliphatic rings. The second-order valence-electron chi connectivity index (χ2n) is 3.85. The van der Waals surface area contributed by atoms with E-state index in [1.54, 1.807) is 19.4 Å². The molecule has 5 heteroatoms. The van der Waals surface area contributed by atoms with E-state index in [1.807, 2.05) is 0 Å². The van der Waals surface area contributed by atoms with Crippen LogP contribution in [0.4, 0.5) is 11.5 Å². The maximum absolute atomic E-state index is 5.90. The van der Waals surface area contributed by atoms with Gasteiger partial charge in [0.1, 0.15) is 0 Å². The fraction of sp³-hybridized carbons (Fsp3) is 0.545. The Balaban J connectivity index is 2.92. The number of hydrogen-bond acceptors (Lipinski definition) is 4. The summed E-state index contributed by atoms with van der Waals surface area (Å²) in [6.07, 6.45) is 1.61. The molecule has 4 nitrogen and oxygen atoms in total. The first-order chi connectivity index (χ1) is 7.56. The molecule has 0 saturated carbocycles. The highest BCUT2D eigenvalue weighted by atomic mass is 35.5. The fourth-order valence-corrected chi connectivity index (χ4v) is 1.65. The number of methoxy groups -OCH3 is 1. The molecule has 0 aliphatic carbocycles. The summed E-state index contributed by atoms with van der Waals surface area (Å²) < 4.78 is 5.07. The van der Waals surface area contributed by atoms with Crippen molar-refractivity contribution in [3.63, 3.8) is 0 Å². The first kappa shape index (κ1) is 13.1. The van der Waals surface area contributed by atoms with Crippen molar-refractivity contribution in [1.29, 1.82) is 0 Å². The standard InChI is InChI=1S/C11H18ClN3O/c1-8(2)15(4-5-16-3)11-10(13)6-9(12)7-14-11/h6-8H,4-5,13H2,1-3H3. The van der Waals surface area contributed by atoms with Gasteiger partial charge in [-0.1, -0.05) is 11.6 Å². The van der Waals surface area contributed by atoms with Gasteiger partial charge < -0.3 is 15.4 Å². The molecular weight excluding hydrogens is 226 g/mol. The van der Waals surface area contributed by atoms with E-state index in [-0.39, 0.29) is 0 Å².